The lowest BCUT2D eigenvalue weighted by Crippen LogP contribution is -2.06. The van der Waals surface area contributed by atoms with Crippen molar-refractivity contribution in [2.24, 2.45) is 0 Å². The molecule has 0 saturated carbocycles. The third-order valence-electron chi connectivity index (χ3n) is 2.80. The Balaban J connectivity index is 2.25. The second-order valence-electron chi connectivity index (χ2n) is 4.18. The van der Waals surface area contributed by atoms with Crippen LogP contribution in [0.15, 0.2) is 54.7 Å². The van der Waals surface area contributed by atoms with Crippen LogP contribution in [0.25, 0.3) is 10.8 Å². The monoisotopic (exact) mass is 239 g/mol. The molecule has 0 aliphatic rings. The SMILES string of the molecule is CCCN/C=C\C(=O)c1cccc2ccccc12. The Kier molecular flexibility index (Phi) is 4.13. The van der Waals surface area contributed by atoms with Crippen molar-refractivity contribution in [1.82, 2.24) is 5.32 Å². The van der Waals surface area contributed by atoms with Crippen molar-refractivity contribution in [2.45, 2.75) is 13.3 Å². The summed E-state index contributed by atoms with van der Waals surface area (Å²) >= 11 is 0. The Morgan fingerprint density at radius 3 is 2.78 bits per heavy atom. The van der Waals surface area contributed by atoms with E-state index >= 15 is 0 Å². The fourth-order valence-corrected chi connectivity index (χ4v) is 1.89. The molecule has 0 aliphatic heterocycles. The van der Waals surface area contributed by atoms with E-state index < -0.39 is 0 Å². The van der Waals surface area contributed by atoms with Gasteiger partial charge in [-0.3, -0.25) is 4.79 Å². The van der Waals surface area contributed by atoms with Crippen molar-refractivity contribution in [3.8, 4) is 0 Å². The minimum absolute atomic E-state index is 0.0374. The van der Waals surface area contributed by atoms with Gasteiger partial charge in [0.15, 0.2) is 5.78 Å². The van der Waals surface area contributed by atoms with Crippen molar-refractivity contribution in [2.75, 3.05) is 6.54 Å². The molecule has 1 N–H and O–H groups in total. The zero-order valence-electron chi connectivity index (χ0n) is 10.5. The molecule has 2 aromatic rings. The molecule has 0 bridgehead atoms. The maximum absolute atomic E-state index is 12.1. The van der Waals surface area contributed by atoms with Gasteiger partial charge < -0.3 is 5.32 Å². The van der Waals surface area contributed by atoms with Crippen LogP contribution in [0, 0.1) is 0 Å². The Morgan fingerprint density at radius 2 is 1.94 bits per heavy atom. The first-order valence-electron chi connectivity index (χ1n) is 6.25. The molecule has 0 atom stereocenters. The second-order valence-corrected chi connectivity index (χ2v) is 4.18. The van der Waals surface area contributed by atoms with Gasteiger partial charge in [0.25, 0.3) is 0 Å². The largest absolute Gasteiger partial charge is 0.391 e. The third kappa shape index (κ3) is 2.77. The molecule has 2 rings (SSSR count). The van der Waals surface area contributed by atoms with Crippen LogP contribution in [-0.4, -0.2) is 12.3 Å². The molecule has 0 amide bonds. The second kappa shape index (κ2) is 6.01. The van der Waals surface area contributed by atoms with E-state index in [2.05, 4.69) is 12.2 Å². The lowest BCUT2D eigenvalue weighted by Gasteiger charge is -2.03. The Morgan fingerprint density at radius 1 is 1.17 bits per heavy atom. The summed E-state index contributed by atoms with van der Waals surface area (Å²) in [7, 11) is 0. The van der Waals surface area contributed by atoms with E-state index in [-0.39, 0.29) is 5.78 Å². The van der Waals surface area contributed by atoms with Crippen molar-refractivity contribution < 1.29 is 4.79 Å². The fourth-order valence-electron chi connectivity index (χ4n) is 1.89. The zero-order chi connectivity index (χ0) is 12.8. The van der Waals surface area contributed by atoms with Gasteiger partial charge in [-0.2, -0.15) is 0 Å². The highest BCUT2D eigenvalue weighted by molar-refractivity contribution is 6.13. The Labute approximate surface area is 107 Å². The van der Waals surface area contributed by atoms with Crippen molar-refractivity contribution in [1.29, 1.82) is 0 Å². The van der Waals surface area contributed by atoms with Gasteiger partial charge in [-0.25, -0.2) is 0 Å². The van der Waals surface area contributed by atoms with Crippen LogP contribution in [0.3, 0.4) is 0 Å². The molecule has 0 fully saturated rings. The van der Waals surface area contributed by atoms with Crippen LogP contribution in [0.1, 0.15) is 23.7 Å². The number of hydrogen-bond acceptors (Lipinski definition) is 2. The van der Waals surface area contributed by atoms with Gasteiger partial charge in [0.2, 0.25) is 0 Å². The molecule has 0 radical (unpaired) electrons. The van der Waals surface area contributed by atoms with E-state index in [1.165, 1.54) is 0 Å². The number of benzene rings is 2. The highest BCUT2D eigenvalue weighted by Gasteiger charge is 2.05. The average molecular weight is 239 g/mol. The number of carbonyl (C=O) groups excluding carboxylic acids is 1. The van der Waals surface area contributed by atoms with E-state index in [1.807, 2.05) is 42.5 Å². The molecule has 0 aliphatic carbocycles. The lowest BCUT2D eigenvalue weighted by atomic mass is 10.0. The normalized spacial score (nSPS) is 10.9. The number of hydrogen-bond donors (Lipinski definition) is 1. The van der Waals surface area contributed by atoms with Crippen LogP contribution >= 0.6 is 0 Å². The van der Waals surface area contributed by atoms with Crippen LogP contribution in [0.4, 0.5) is 0 Å². The van der Waals surface area contributed by atoms with Gasteiger partial charge in [-0.15, -0.1) is 0 Å². The van der Waals surface area contributed by atoms with E-state index in [1.54, 1.807) is 12.3 Å². The van der Waals surface area contributed by atoms with Crippen molar-refractivity contribution in [3.63, 3.8) is 0 Å². The van der Waals surface area contributed by atoms with Crippen LogP contribution in [-0.2, 0) is 0 Å². The molecule has 0 unspecified atom stereocenters. The molecular weight excluding hydrogens is 222 g/mol. The summed E-state index contributed by atoms with van der Waals surface area (Å²) in [4.78, 5) is 12.1. The van der Waals surface area contributed by atoms with Gasteiger partial charge in [-0.1, -0.05) is 49.4 Å². The molecule has 2 aromatic carbocycles. The smallest absolute Gasteiger partial charge is 0.187 e. The predicted molar refractivity (Wildman–Crippen MR) is 75.7 cm³/mol. The fraction of sp³-hybridized carbons (Fsp3) is 0.188. The molecule has 0 spiro atoms. The van der Waals surface area contributed by atoms with Gasteiger partial charge in [0.1, 0.15) is 0 Å². The first-order valence-corrected chi connectivity index (χ1v) is 6.25. The molecule has 2 nitrogen and oxygen atoms in total. The van der Waals surface area contributed by atoms with Crippen LogP contribution in [0.2, 0.25) is 0 Å². The zero-order valence-corrected chi connectivity index (χ0v) is 10.5. The van der Waals surface area contributed by atoms with Crippen molar-refractivity contribution >= 4 is 16.6 Å². The molecular formula is C16H17NO. The molecule has 18 heavy (non-hydrogen) atoms. The van der Waals surface area contributed by atoms with Gasteiger partial charge in [0.05, 0.1) is 0 Å². The topological polar surface area (TPSA) is 29.1 Å². The quantitative estimate of drug-likeness (QED) is 0.491. The molecule has 0 aromatic heterocycles. The summed E-state index contributed by atoms with van der Waals surface area (Å²) < 4.78 is 0. The number of ketones is 1. The van der Waals surface area contributed by atoms with Crippen LogP contribution < -0.4 is 5.32 Å². The van der Waals surface area contributed by atoms with E-state index in [4.69, 9.17) is 0 Å². The van der Waals surface area contributed by atoms with Gasteiger partial charge >= 0.3 is 0 Å². The first-order chi connectivity index (χ1) is 8.83. The lowest BCUT2D eigenvalue weighted by molar-refractivity contribution is 0.104. The van der Waals surface area contributed by atoms with Crippen molar-refractivity contribution in [3.05, 3.63) is 60.3 Å². The maximum Gasteiger partial charge on any atom is 0.187 e. The minimum Gasteiger partial charge on any atom is -0.391 e. The average Bonchev–Trinajstić information content (AvgIpc) is 2.43. The number of carbonyl (C=O) groups is 1. The standard InChI is InChI=1S/C16H17NO/c1-2-11-17-12-10-16(18)15-9-5-7-13-6-3-4-8-14(13)15/h3-10,12,17H,2,11H2,1H3/b12-10-. The highest BCUT2D eigenvalue weighted by atomic mass is 16.1. The molecule has 0 saturated heterocycles. The summed E-state index contributed by atoms with van der Waals surface area (Å²) in [5.41, 5.74) is 0.752. The van der Waals surface area contributed by atoms with Crippen LogP contribution in [0.5, 0.6) is 0 Å². The van der Waals surface area contributed by atoms with E-state index in [0.29, 0.717) is 0 Å². The maximum atomic E-state index is 12.1. The summed E-state index contributed by atoms with van der Waals surface area (Å²) in [6.45, 7) is 2.98. The van der Waals surface area contributed by atoms with E-state index in [0.717, 1.165) is 29.3 Å². The summed E-state index contributed by atoms with van der Waals surface area (Å²) in [5.74, 6) is 0.0374. The Bertz CT molecular complexity index is 567. The number of allylic oxidation sites excluding steroid dienone is 1. The molecule has 0 heterocycles. The molecule has 92 valence electrons. The third-order valence-corrected chi connectivity index (χ3v) is 2.80. The first kappa shape index (κ1) is 12.4. The number of fused-ring (bicyclic) bond motifs is 1. The van der Waals surface area contributed by atoms with Gasteiger partial charge in [0, 0.05) is 24.4 Å². The highest BCUT2D eigenvalue weighted by Crippen LogP contribution is 2.19. The summed E-state index contributed by atoms with van der Waals surface area (Å²) in [6, 6.07) is 13.7. The number of nitrogens with one attached hydrogen (secondary N) is 1. The predicted octanol–water partition coefficient (Wildman–Crippen LogP) is 3.54. The van der Waals surface area contributed by atoms with E-state index in [9.17, 15) is 4.79 Å². The minimum atomic E-state index is 0.0374. The van der Waals surface area contributed by atoms with Gasteiger partial charge in [-0.05, 0) is 17.2 Å². The number of rotatable bonds is 5. The molecule has 2 heteroatoms. The summed E-state index contributed by atoms with van der Waals surface area (Å²) in [6.07, 6.45) is 4.37. The Hall–Kier alpha value is -2.09. The summed E-state index contributed by atoms with van der Waals surface area (Å²) in [5, 5.41) is 5.18.